The van der Waals surface area contributed by atoms with Crippen LogP contribution in [0, 0.1) is 13.8 Å². The van der Waals surface area contributed by atoms with Crippen LogP contribution in [0.3, 0.4) is 0 Å². The lowest BCUT2D eigenvalue weighted by atomic mass is 9.95. The van der Waals surface area contributed by atoms with Crippen molar-refractivity contribution in [1.29, 1.82) is 0 Å². The molecule has 0 fully saturated rings. The number of nitrogens with one attached hydrogen (secondary N) is 1. The van der Waals surface area contributed by atoms with Crippen molar-refractivity contribution in [3.8, 4) is 0 Å². The predicted molar refractivity (Wildman–Crippen MR) is 74.3 cm³/mol. The maximum Gasteiger partial charge on any atom is 0.417 e. The van der Waals surface area contributed by atoms with E-state index in [-0.39, 0.29) is 0 Å². The summed E-state index contributed by atoms with van der Waals surface area (Å²) >= 11 is 0. The molecule has 1 heterocycles. The van der Waals surface area contributed by atoms with Gasteiger partial charge in [-0.2, -0.15) is 13.2 Å². The Morgan fingerprint density at radius 3 is 2.38 bits per heavy atom. The molecule has 0 saturated carbocycles. The van der Waals surface area contributed by atoms with Crippen molar-refractivity contribution in [2.45, 2.75) is 26.1 Å². The van der Waals surface area contributed by atoms with Crippen molar-refractivity contribution in [2.24, 2.45) is 5.84 Å². The fraction of sp³-hybridized carbons (Fsp3) is 0.267. The van der Waals surface area contributed by atoms with Crippen LogP contribution in [-0.2, 0) is 6.18 Å². The number of hydrogen-bond acceptors (Lipinski definition) is 3. The summed E-state index contributed by atoms with van der Waals surface area (Å²) < 4.78 is 37.7. The van der Waals surface area contributed by atoms with E-state index in [1.807, 2.05) is 32.0 Å². The molecule has 0 saturated heterocycles. The number of benzene rings is 1. The van der Waals surface area contributed by atoms with Gasteiger partial charge in [-0.05, 0) is 42.7 Å². The van der Waals surface area contributed by atoms with Crippen LogP contribution in [0.2, 0.25) is 0 Å². The molecule has 1 aromatic carbocycles. The number of halogens is 3. The highest BCUT2D eigenvalue weighted by molar-refractivity contribution is 5.39. The molecule has 112 valence electrons. The monoisotopic (exact) mass is 295 g/mol. The average molecular weight is 295 g/mol. The summed E-state index contributed by atoms with van der Waals surface area (Å²) in [5.41, 5.74) is 5.29. The van der Waals surface area contributed by atoms with Crippen molar-refractivity contribution in [3.63, 3.8) is 0 Å². The Labute approximate surface area is 121 Å². The van der Waals surface area contributed by atoms with Gasteiger partial charge in [-0.3, -0.25) is 10.8 Å². The minimum Gasteiger partial charge on any atom is -0.271 e. The Hall–Kier alpha value is -1.92. The van der Waals surface area contributed by atoms with Gasteiger partial charge in [0, 0.05) is 6.20 Å². The molecule has 3 nitrogen and oxygen atoms in total. The van der Waals surface area contributed by atoms with E-state index < -0.39 is 17.8 Å². The molecule has 1 aromatic heterocycles. The first kappa shape index (κ1) is 15.5. The number of aryl methyl sites for hydroxylation is 1. The van der Waals surface area contributed by atoms with Crippen molar-refractivity contribution in [3.05, 3.63) is 64.5 Å². The number of nitrogens with two attached hydrogens (primary N) is 1. The summed E-state index contributed by atoms with van der Waals surface area (Å²) in [7, 11) is 0. The highest BCUT2D eigenvalue weighted by atomic mass is 19.4. The predicted octanol–water partition coefficient (Wildman–Crippen LogP) is 3.27. The number of hydrazine groups is 1. The van der Waals surface area contributed by atoms with E-state index in [0.717, 1.165) is 29.0 Å². The summed E-state index contributed by atoms with van der Waals surface area (Å²) in [6.45, 7) is 3.91. The topological polar surface area (TPSA) is 50.9 Å². The lowest BCUT2D eigenvalue weighted by Gasteiger charge is -2.19. The molecule has 0 spiro atoms. The minimum absolute atomic E-state index is 0.444. The minimum atomic E-state index is -4.39. The zero-order valence-electron chi connectivity index (χ0n) is 11.7. The lowest BCUT2D eigenvalue weighted by molar-refractivity contribution is -0.137. The normalized spacial score (nSPS) is 13.2. The highest BCUT2D eigenvalue weighted by Gasteiger charge is 2.31. The molecule has 0 amide bonds. The van der Waals surface area contributed by atoms with Gasteiger partial charge in [0.25, 0.3) is 0 Å². The third-order valence-electron chi connectivity index (χ3n) is 3.53. The highest BCUT2D eigenvalue weighted by Crippen LogP contribution is 2.30. The van der Waals surface area contributed by atoms with Crippen LogP contribution in [0.25, 0.3) is 0 Å². The second kappa shape index (κ2) is 5.83. The zero-order chi connectivity index (χ0) is 15.6. The fourth-order valence-corrected chi connectivity index (χ4v) is 2.16. The first-order valence-corrected chi connectivity index (χ1v) is 6.40. The summed E-state index contributed by atoms with van der Waals surface area (Å²) in [4.78, 5) is 3.90. The van der Waals surface area contributed by atoms with Crippen LogP contribution in [0.4, 0.5) is 13.2 Å². The Morgan fingerprint density at radius 2 is 1.86 bits per heavy atom. The quantitative estimate of drug-likeness (QED) is 0.675. The molecule has 0 radical (unpaired) electrons. The Kier molecular flexibility index (Phi) is 4.29. The van der Waals surface area contributed by atoms with Gasteiger partial charge in [0.2, 0.25) is 0 Å². The third-order valence-corrected chi connectivity index (χ3v) is 3.53. The second-order valence-corrected chi connectivity index (χ2v) is 4.86. The van der Waals surface area contributed by atoms with E-state index >= 15 is 0 Å². The Balaban J connectivity index is 2.40. The fourth-order valence-electron chi connectivity index (χ4n) is 2.16. The molecular weight excluding hydrogens is 279 g/mol. The van der Waals surface area contributed by atoms with E-state index in [4.69, 9.17) is 5.84 Å². The van der Waals surface area contributed by atoms with Crippen molar-refractivity contribution in [2.75, 3.05) is 0 Å². The second-order valence-electron chi connectivity index (χ2n) is 4.86. The number of nitrogens with zero attached hydrogens (tertiary/aromatic N) is 1. The molecule has 0 aliphatic carbocycles. The van der Waals surface area contributed by atoms with Gasteiger partial charge in [0.1, 0.15) is 0 Å². The maximum absolute atomic E-state index is 12.6. The van der Waals surface area contributed by atoms with Crippen LogP contribution in [-0.4, -0.2) is 4.98 Å². The lowest BCUT2D eigenvalue weighted by Crippen LogP contribution is -2.30. The smallest absolute Gasteiger partial charge is 0.271 e. The van der Waals surface area contributed by atoms with Crippen LogP contribution in [0.15, 0.2) is 36.5 Å². The van der Waals surface area contributed by atoms with Crippen LogP contribution in [0.5, 0.6) is 0 Å². The van der Waals surface area contributed by atoms with E-state index in [1.165, 1.54) is 6.07 Å². The van der Waals surface area contributed by atoms with Gasteiger partial charge in [-0.1, -0.05) is 18.2 Å². The number of alkyl halides is 3. The molecular formula is C15H16F3N3. The first-order chi connectivity index (χ1) is 9.84. The van der Waals surface area contributed by atoms with Crippen LogP contribution < -0.4 is 11.3 Å². The van der Waals surface area contributed by atoms with Crippen molar-refractivity contribution < 1.29 is 13.2 Å². The molecule has 6 heteroatoms. The molecule has 1 atom stereocenters. The SMILES string of the molecule is Cc1cccc(C(NN)c2ccc(C(F)(F)F)cn2)c1C. The van der Waals surface area contributed by atoms with E-state index in [9.17, 15) is 13.2 Å². The average Bonchev–Trinajstić information content (AvgIpc) is 2.44. The van der Waals surface area contributed by atoms with Gasteiger partial charge < -0.3 is 0 Å². The largest absolute Gasteiger partial charge is 0.417 e. The van der Waals surface area contributed by atoms with Gasteiger partial charge in [0.15, 0.2) is 0 Å². The van der Waals surface area contributed by atoms with E-state index in [1.54, 1.807) is 0 Å². The molecule has 0 aliphatic rings. The van der Waals surface area contributed by atoms with E-state index in [0.29, 0.717) is 5.69 Å². The number of aromatic nitrogens is 1. The molecule has 3 N–H and O–H groups in total. The van der Waals surface area contributed by atoms with Gasteiger partial charge >= 0.3 is 6.18 Å². The summed E-state index contributed by atoms with van der Waals surface area (Å²) in [5, 5.41) is 0. The Bertz CT molecular complexity index is 621. The first-order valence-electron chi connectivity index (χ1n) is 6.40. The summed E-state index contributed by atoms with van der Waals surface area (Å²) in [5.74, 6) is 5.57. The van der Waals surface area contributed by atoms with Crippen molar-refractivity contribution >= 4 is 0 Å². The number of rotatable bonds is 3. The number of hydrogen-bond donors (Lipinski definition) is 2. The van der Waals surface area contributed by atoms with E-state index in [2.05, 4.69) is 10.4 Å². The number of pyridine rings is 1. The summed E-state index contributed by atoms with van der Waals surface area (Å²) in [6.07, 6.45) is -3.57. The maximum atomic E-state index is 12.6. The molecule has 2 aromatic rings. The molecule has 2 rings (SSSR count). The van der Waals surface area contributed by atoms with Gasteiger partial charge in [-0.25, -0.2) is 5.43 Å². The molecule has 0 aliphatic heterocycles. The molecule has 1 unspecified atom stereocenters. The van der Waals surface area contributed by atoms with Crippen molar-refractivity contribution in [1.82, 2.24) is 10.4 Å². The van der Waals surface area contributed by atoms with Gasteiger partial charge in [-0.15, -0.1) is 0 Å². The Morgan fingerprint density at radius 1 is 1.14 bits per heavy atom. The standard InChI is InChI=1S/C15H16F3N3/c1-9-4-3-5-12(10(9)2)14(21-19)13-7-6-11(8-20-13)15(16,17)18/h3-8,14,21H,19H2,1-2H3. The van der Waals surface area contributed by atoms with Gasteiger partial charge in [0.05, 0.1) is 17.3 Å². The summed E-state index contributed by atoms with van der Waals surface area (Å²) in [6, 6.07) is 7.63. The zero-order valence-corrected chi connectivity index (χ0v) is 11.7. The molecule has 21 heavy (non-hydrogen) atoms. The van der Waals surface area contributed by atoms with Crippen LogP contribution in [0.1, 0.15) is 34.0 Å². The third kappa shape index (κ3) is 3.22. The molecule has 0 bridgehead atoms. The van der Waals surface area contributed by atoms with Crippen LogP contribution >= 0.6 is 0 Å².